The molecule has 22 heavy (non-hydrogen) atoms. The van der Waals surface area contributed by atoms with Gasteiger partial charge in [-0.05, 0) is 31.9 Å². The number of carbonyl (C=O) groups is 2. The fraction of sp³-hybridized carbons (Fsp3) is 0.438. The van der Waals surface area contributed by atoms with Crippen molar-refractivity contribution in [3.8, 4) is 5.75 Å². The summed E-state index contributed by atoms with van der Waals surface area (Å²) < 4.78 is 5.40. The number of benzene rings is 1. The van der Waals surface area contributed by atoms with Crippen molar-refractivity contribution in [2.75, 3.05) is 13.2 Å². The van der Waals surface area contributed by atoms with Crippen molar-refractivity contribution in [3.05, 3.63) is 29.8 Å². The Hall–Kier alpha value is -2.37. The Morgan fingerprint density at radius 2 is 1.95 bits per heavy atom. The van der Waals surface area contributed by atoms with Gasteiger partial charge in [-0.2, -0.15) is 5.10 Å². The molecule has 0 aliphatic rings. The molecule has 0 unspecified atom stereocenters. The lowest BCUT2D eigenvalue weighted by atomic mass is 10.2. The minimum absolute atomic E-state index is 0.103. The number of ether oxygens (including phenoxy) is 1. The van der Waals surface area contributed by atoms with Gasteiger partial charge in [0.25, 0.3) is 5.91 Å². The van der Waals surface area contributed by atoms with E-state index >= 15 is 0 Å². The molecule has 0 aromatic heterocycles. The lowest BCUT2D eigenvalue weighted by molar-refractivity contribution is -0.123. The third-order valence-electron chi connectivity index (χ3n) is 2.81. The maximum absolute atomic E-state index is 11.6. The first-order valence-corrected chi connectivity index (χ1v) is 7.30. The minimum atomic E-state index is -0.364. The Bertz CT molecular complexity index is 541. The molecule has 0 bridgehead atoms. The fourth-order valence-electron chi connectivity index (χ4n) is 1.65. The molecule has 120 valence electrons. The number of carbonyl (C=O) groups excluding carboxylic acids is 2. The average molecular weight is 305 g/mol. The van der Waals surface area contributed by atoms with Crippen LogP contribution in [0.4, 0.5) is 0 Å². The number of hydrazone groups is 1. The van der Waals surface area contributed by atoms with E-state index in [0.717, 1.165) is 12.0 Å². The summed E-state index contributed by atoms with van der Waals surface area (Å²) in [4.78, 5) is 23.1. The van der Waals surface area contributed by atoms with Crippen LogP contribution >= 0.6 is 0 Å². The quantitative estimate of drug-likeness (QED) is 0.567. The molecule has 0 atom stereocenters. The van der Waals surface area contributed by atoms with E-state index in [4.69, 9.17) is 4.74 Å². The van der Waals surface area contributed by atoms with Gasteiger partial charge in [0.1, 0.15) is 5.75 Å². The molecule has 0 aliphatic carbocycles. The van der Waals surface area contributed by atoms with E-state index in [2.05, 4.69) is 15.8 Å². The van der Waals surface area contributed by atoms with Gasteiger partial charge in [-0.25, -0.2) is 5.43 Å². The van der Waals surface area contributed by atoms with Crippen molar-refractivity contribution >= 4 is 17.5 Å². The fourth-order valence-corrected chi connectivity index (χ4v) is 1.65. The van der Waals surface area contributed by atoms with Crippen LogP contribution in [0.3, 0.4) is 0 Å². The molecule has 0 saturated carbocycles. The van der Waals surface area contributed by atoms with Gasteiger partial charge in [-0.15, -0.1) is 0 Å². The summed E-state index contributed by atoms with van der Waals surface area (Å²) in [5, 5.41) is 6.63. The zero-order valence-electron chi connectivity index (χ0n) is 13.3. The van der Waals surface area contributed by atoms with Gasteiger partial charge >= 0.3 is 0 Å². The SMILES string of the molecule is CCCNC(=O)C/C(C)=N/NC(=O)COc1ccccc1C. The monoisotopic (exact) mass is 305 g/mol. The molecule has 6 heteroatoms. The lowest BCUT2D eigenvalue weighted by Crippen LogP contribution is -2.28. The first-order chi connectivity index (χ1) is 10.5. The molecular weight excluding hydrogens is 282 g/mol. The predicted molar refractivity (Wildman–Crippen MR) is 85.8 cm³/mol. The molecule has 1 aromatic rings. The van der Waals surface area contributed by atoms with Crippen LogP contribution in [0.25, 0.3) is 0 Å². The van der Waals surface area contributed by atoms with Crippen LogP contribution in [-0.2, 0) is 9.59 Å². The largest absolute Gasteiger partial charge is 0.483 e. The first-order valence-electron chi connectivity index (χ1n) is 7.30. The topological polar surface area (TPSA) is 79.8 Å². The maximum atomic E-state index is 11.6. The van der Waals surface area contributed by atoms with Crippen LogP contribution in [0.15, 0.2) is 29.4 Å². The van der Waals surface area contributed by atoms with Crippen molar-refractivity contribution in [2.45, 2.75) is 33.6 Å². The number of para-hydroxylation sites is 1. The van der Waals surface area contributed by atoms with Crippen molar-refractivity contribution in [1.82, 2.24) is 10.7 Å². The Kier molecular flexibility index (Phi) is 7.67. The number of nitrogens with one attached hydrogen (secondary N) is 2. The van der Waals surface area contributed by atoms with E-state index < -0.39 is 0 Å². The second-order valence-electron chi connectivity index (χ2n) is 4.96. The minimum Gasteiger partial charge on any atom is -0.483 e. The van der Waals surface area contributed by atoms with E-state index in [1.165, 1.54) is 0 Å². The van der Waals surface area contributed by atoms with Crippen molar-refractivity contribution in [2.24, 2.45) is 5.10 Å². The molecule has 6 nitrogen and oxygen atoms in total. The molecule has 1 rings (SSSR count). The van der Waals surface area contributed by atoms with Crippen LogP contribution in [0.1, 0.15) is 32.3 Å². The number of hydrogen-bond acceptors (Lipinski definition) is 4. The summed E-state index contributed by atoms with van der Waals surface area (Å²) in [5.41, 5.74) is 3.88. The summed E-state index contributed by atoms with van der Waals surface area (Å²) >= 11 is 0. The molecule has 0 radical (unpaired) electrons. The van der Waals surface area contributed by atoms with Gasteiger partial charge in [0.2, 0.25) is 5.91 Å². The molecule has 0 saturated heterocycles. The summed E-state index contributed by atoms with van der Waals surface area (Å²) in [6.07, 6.45) is 1.05. The smallest absolute Gasteiger partial charge is 0.277 e. The summed E-state index contributed by atoms with van der Waals surface area (Å²) in [6, 6.07) is 7.45. The molecule has 0 heterocycles. The van der Waals surface area contributed by atoms with Gasteiger partial charge in [0.15, 0.2) is 6.61 Å². The van der Waals surface area contributed by atoms with Gasteiger partial charge in [0.05, 0.1) is 6.42 Å². The molecule has 0 spiro atoms. The van der Waals surface area contributed by atoms with Crippen LogP contribution in [0.5, 0.6) is 5.75 Å². The van der Waals surface area contributed by atoms with Gasteiger partial charge < -0.3 is 10.1 Å². The van der Waals surface area contributed by atoms with Gasteiger partial charge in [0, 0.05) is 12.3 Å². The summed E-state index contributed by atoms with van der Waals surface area (Å²) in [6.45, 7) is 6.10. The average Bonchev–Trinajstić information content (AvgIpc) is 2.50. The van der Waals surface area contributed by atoms with Gasteiger partial charge in [-0.3, -0.25) is 9.59 Å². The van der Waals surface area contributed by atoms with Crippen molar-refractivity contribution in [3.63, 3.8) is 0 Å². The number of amides is 2. The molecule has 1 aromatic carbocycles. The molecule has 0 fully saturated rings. The van der Waals surface area contributed by atoms with E-state index in [1.54, 1.807) is 13.0 Å². The molecular formula is C16H23N3O3. The van der Waals surface area contributed by atoms with E-state index in [1.807, 2.05) is 32.0 Å². The highest BCUT2D eigenvalue weighted by Gasteiger charge is 2.05. The highest BCUT2D eigenvalue weighted by Crippen LogP contribution is 2.15. The standard InChI is InChI=1S/C16H23N3O3/c1-4-9-17-15(20)10-13(3)18-19-16(21)11-22-14-8-6-5-7-12(14)2/h5-8H,4,9-11H2,1-3H3,(H,17,20)(H,19,21)/b18-13+. The first kappa shape index (κ1) is 17.7. The molecule has 2 N–H and O–H groups in total. The van der Waals surface area contributed by atoms with Crippen molar-refractivity contribution < 1.29 is 14.3 Å². The third-order valence-corrected chi connectivity index (χ3v) is 2.81. The van der Waals surface area contributed by atoms with E-state index in [-0.39, 0.29) is 24.8 Å². The predicted octanol–water partition coefficient (Wildman–Crippen LogP) is 1.78. The normalized spacial score (nSPS) is 11.0. The number of hydrogen-bond donors (Lipinski definition) is 2. The Labute approximate surface area is 130 Å². The van der Waals surface area contributed by atoms with Gasteiger partial charge in [-0.1, -0.05) is 25.1 Å². The van der Waals surface area contributed by atoms with E-state index in [9.17, 15) is 9.59 Å². The van der Waals surface area contributed by atoms with Crippen LogP contribution in [-0.4, -0.2) is 30.7 Å². The Balaban J connectivity index is 2.34. The number of rotatable bonds is 8. The highest BCUT2D eigenvalue weighted by atomic mass is 16.5. The zero-order chi connectivity index (χ0) is 16.4. The molecule has 0 aliphatic heterocycles. The Morgan fingerprint density at radius 1 is 1.23 bits per heavy atom. The number of aryl methyl sites for hydroxylation is 1. The maximum Gasteiger partial charge on any atom is 0.277 e. The van der Waals surface area contributed by atoms with E-state index in [0.29, 0.717) is 18.0 Å². The zero-order valence-corrected chi connectivity index (χ0v) is 13.3. The third kappa shape index (κ3) is 6.88. The summed E-state index contributed by atoms with van der Waals surface area (Å²) in [7, 11) is 0. The molecule has 2 amide bonds. The number of nitrogens with zero attached hydrogens (tertiary/aromatic N) is 1. The van der Waals surface area contributed by atoms with Crippen LogP contribution < -0.4 is 15.5 Å². The van der Waals surface area contributed by atoms with Crippen LogP contribution in [0, 0.1) is 6.92 Å². The second-order valence-corrected chi connectivity index (χ2v) is 4.96. The second kappa shape index (κ2) is 9.55. The Morgan fingerprint density at radius 3 is 2.64 bits per heavy atom. The van der Waals surface area contributed by atoms with Crippen molar-refractivity contribution in [1.29, 1.82) is 0 Å². The van der Waals surface area contributed by atoms with Crippen LogP contribution in [0.2, 0.25) is 0 Å². The highest BCUT2D eigenvalue weighted by molar-refractivity contribution is 6.00. The summed E-state index contributed by atoms with van der Waals surface area (Å²) in [5.74, 6) is 0.197. The lowest BCUT2D eigenvalue weighted by Gasteiger charge is -2.08.